The van der Waals surface area contributed by atoms with Gasteiger partial charge in [-0.15, -0.1) is 0 Å². The second-order valence-corrected chi connectivity index (χ2v) is 7.04. The largest absolute Gasteiger partial charge is 0.452 e. The minimum Gasteiger partial charge on any atom is -0.452 e. The van der Waals surface area contributed by atoms with Crippen LogP contribution < -0.4 is 5.32 Å². The number of carbonyl (C=O) groups is 1. The van der Waals surface area contributed by atoms with Crippen LogP contribution in [0.25, 0.3) is 22.6 Å². The fourth-order valence-corrected chi connectivity index (χ4v) is 3.55. The molecule has 4 rings (SSSR count). The molecule has 0 saturated carbocycles. The van der Waals surface area contributed by atoms with Crippen LogP contribution in [0.15, 0.2) is 38.8 Å². The molecule has 3 aromatic rings. The van der Waals surface area contributed by atoms with Crippen LogP contribution in [0.4, 0.5) is 0 Å². The van der Waals surface area contributed by atoms with Gasteiger partial charge in [0, 0.05) is 17.5 Å². The predicted octanol–water partition coefficient (Wildman–Crippen LogP) is 4.72. The molecule has 140 valence electrons. The van der Waals surface area contributed by atoms with Crippen molar-refractivity contribution in [3.05, 3.63) is 46.9 Å². The zero-order chi connectivity index (χ0) is 18.8. The summed E-state index contributed by atoms with van der Waals surface area (Å²) in [6.07, 6.45) is 7.93. The van der Waals surface area contributed by atoms with E-state index in [4.69, 9.17) is 8.94 Å². The number of carbonyl (C=O) groups excluding carboxylic acids is 1. The maximum absolute atomic E-state index is 12.3. The first kappa shape index (κ1) is 17.5. The van der Waals surface area contributed by atoms with Gasteiger partial charge < -0.3 is 14.3 Å². The summed E-state index contributed by atoms with van der Waals surface area (Å²) in [5, 5.41) is 7.81. The second kappa shape index (κ2) is 7.39. The Hall–Kier alpha value is -2.89. The number of nitrogens with zero attached hydrogens (tertiary/aromatic N) is 2. The highest BCUT2D eigenvalue weighted by atomic mass is 16.5. The van der Waals surface area contributed by atoms with Crippen molar-refractivity contribution in [1.82, 2.24) is 15.5 Å². The summed E-state index contributed by atoms with van der Waals surface area (Å²) >= 11 is 0. The quantitative estimate of drug-likeness (QED) is 0.662. The smallest absolute Gasteiger partial charge is 0.316 e. The van der Waals surface area contributed by atoms with Gasteiger partial charge in [0.15, 0.2) is 5.76 Å². The van der Waals surface area contributed by atoms with E-state index in [1.54, 1.807) is 0 Å². The summed E-state index contributed by atoms with van der Waals surface area (Å²) < 4.78 is 11.1. The average Bonchev–Trinajstić information content (AvgIpc) is 3.29. The standard InChI is InChI=1S/C21H23N3O3/c1-13-7-6-10-16-14(2)18(26-17(13)16)19-23-21(27-24-19)20(25)22-12-11-15-8-4-3-5-9-15/h6-8,10H,3-5,9,11-12H2,1-2H3,(H,22,25). The summed E-state index contributed by atoms with van der Waals surface area (Å²) in [4.78, 5) is 16.5. The first-order chi connectivity index (χ1) is 13.1. The van der Waals surface area contributed by atoms with Crippen molar-refractivity contribution in [1.29, 1.82) is 0 Å². The number of furan rings is 1. The van der Waals surface area contributed by atoms with E-state index in [2.05, 4.69) is 21.5 Å². The lowest BCUT2D eigenvalue weighted by molar-refractivity contribution is 0.0910. The van der Waals surface area contributed by atoms with Crippen LogP contribution in [0.5, 0.6) is 0 Å². The molecule has 0 spiro atoms. The van der Waals surface area contributed by atoms with Crippen LogP contribution in [0, 0.1) is 13.8 Å². The summed E-state index contributed by atoms with van der Waals surface area (Å²) in [5.74, 6) is 0.437. The number of aryl methyl sites for hydroxylation is 2. The van der Waals surface area contributed by atoms with Gasteiger partial charge in [-0.3, -0.25) is 4.79 Å². The van der Waals surface area contributed by atoms with Crippen LogP contribution >= 0.6 is 0 Å². The number of amides is 1. The molecule has 1 aromatic carbocycles. The minimum atomic E-state index is -0.352. The number of hydrogen-bond acceptors (Lipinski definition) is 5. The Morgan fingerprint density at radius 2 is 2.15 bits per heavy atom. The lowest BCUT2D eigenvalue weighted by Crippen LogP contribution is -2.25. The van der Waals surface area contributed by atoms with Gasteiger partial charge in [0.1, 0.15) is 5.58 Å². The first-order valence-corrected chi connectivity index (χ1v) is 9.42. The second-order valence-electron chi connectivity index (χ2n) is 7.04. The molecule has 0 bridgehead atoms. The maximum atomic E-state index is 12.3. The molecule has 2 heterocycles. The molecule has 2 aromatic heterocycles. The monoisotopic (exact) mass is 365 g/mol. The molecule has 1 aliphatic carbocycles. The molecule has 6 heteroatoms. The number of hydrogen-bond donors (Lipinski definition) is 1. The Balaban J connectivity index is 1.47. The van der Waals surface area contributed by atoms with Gasteiger partial charge >= 0.3 is 11.8 Å². The van der Waals surface area contributed by atoms with E-state index in [9.17, 15) is 4.79 Å². The first-order valence-electron chi connectivity index (χ1n) is 9.42. The van der Waals surface area contributed by atoms with Crippen LogP contribution in [0.1, 0.15) is 53.9 Å². The van der Waals surface area contributed by atoms with E-state index in [0.717, 1.165) is 41.4 Å². The van der Waals surface area contributed by atoms with E-state index in [-0.39, 0.29) is 11.8 Å². The number of nitrogens with one attached hydrogen (secondary N) is 1. The van der Waals surface area contributed by atoms with Crippen molar-refractivity contribution < 1.29 is 13.7 Å². The molecular formula is C21H23N3O3. The third-order valence-electron chi connectivity index (χ3n) is 5.10. The van der Waals surface area contributed by atoms with Crippen LogP contribution in [0.2, 0.25) is 0 Å². The molecule has 0 radical (unpaired) electrons. The highest BCUT2D eigenvalue weighted by Gasteiger charge is 2.21. The lowest BCUT2D eigenvalue weighted by atomic mass is 9.97. The van der Waals surface area contributed by atoms with E-state index in [1.807, 2.05) is 32.0 Å². The van der Waals surface area contributed by atoms with E-state index < -0.39 is 0 Å². The highest BCUT2D eigenvalue weighted by Crippen LogP contribution is 2.33. The molecule has 0 fully saturated rings. The van der Waals surface area contributed by atoms with Gasteiger partial charge in [-0.1, -0.05) is 35.0 Å². The van der Waals surface area contributed by atoms with Crippen LogP contribution in [0.3, 0.4) is 0 Å². The van der Waals surface area contributed by atoms with Gasteiger partial charge in [-0.25, -0.2) is 0 Å². The van der Waals surface area contributed by atoms with E-state index in [0.29, 0.717) is 18.1 Å². The summed E-state index contributed by atoms with van der Waals surface area (Å²) in [5.41, 5.74) is 4.20. The summed E-state index contributed by atoms with van der Waals surface area (Å²) in [6.45, 7) is 4.52. The van der Waals surface area contributed by atoms with Crippen molar-refractivity contribution in [3.8, 4) is 11.6 Å². The maximum Gasteiger partial charge on any atom is 0.316 e. The number of para-hydroxylation sites is 1. The van der Waals surface area contributed by atoms with Gasteiger partial charge in [-0.2, -0.15) is 4.98 Å². The lowest BCUT2D eigenvalue weighted by Gasteiger charge is -2.12. The van der Waals surface area contributed by atoms with Crippen molar-refractivity contribution in [3.63, 3.8) is 0 Å². The van der Waals surface area contributed by atoms with Crippen LogP contribution in [-0.2, 0) is 0 Å². The average molecular weight is 365 g/mol. The summed E-state index contributed by atoms with van der Waals surface area (Å²) in [7, 11) is 0. The molecule has 0 saturated heterocycles. The molecule has 27 heavy (non-hydrogen) atoms. The molecule has 1 aliphatic rings. The van der Waals surface area contributed by atoms with Gasteiger partial charge in [-0.05, 0) is 51.5 Å². The molecule has 0 atom stereocenters. The fourth-order valence-electron chi connectivity index (χ4n) is 3.55. The normalized spacial score (nSPS) is 14.4. The minimum absolute atomic E-state index is 0.0424. The van der Waals surface area contributed by atoms with E-state index in [1.165, 1.54) is 18.4 Å². The Bertz CT molecular complexity index is 1010. The number of benzene rings is 1. The Morgan fingerprint density at radius 1 is 1.26 bits per heavy atom. The Labute approximate surface area is 157 Å². The van der Waals surface area contributed by atoms with Crippen molar-refractivity contribution >= 4 is 16.9 Å². The predicted molar refractivity (Wildman–Crippen MR) is 102 cm³/mol. The highest BCUT2D eigenvalue weighted by molar-refractivity contribution is 5.91. The van der Waals surface area contributed by atoms with E-state index >= 15 is 0 Å². The number of aromatic nitrogens is 2. The number of fused-ring (bicyclic) bond motifs is 1. The van der Waals surface area contributed by atoms with Gasteiger partial charge in [0.2, 0.25) is 5.82 Å². The third-order valence-corrected chi connectivity index (χ3v) is 5.10. The van der Waals surface area contributed by atoms with Crippen molar-refractivity contribution in [2.45, 2.75) is 46.0 Å². The molecular weight excluding hydrogens is 342 g/mol. The number of allylic oxidation sites excluding steroid dienone is 1. The zero-order valence-electron chi connectivity index (χ0n) is 15.7. The number of rotatable bonds is 5. The van der Waals surface area contributed by atoms with Crippen LogP contribution in [-0.4, -0.2) is 22.6 Å². The zero-order valence-corrected chi connectivity index (χ0v) is 15.7. The SMILES string of the molecule is Cc1c(-c2noc(C(=O)NCCC3=CCCCC3)n2)oc2c(C)cccc12. The molecule has 0 aliphatic heterocycles. The molecule has 1 amide bonds. The topological polar surface area (TPSA) is 81.2 Å². The van der Waals surface area contributed by atoms with Crippen molar-refractivity contribution in [2.75, 3.05) is 6.54 Å². The third kappa shape index (κ3) is 3.52. The Kier molecular flexibility index (Phi) is 4.79. The molecule has 1 N–H and O–H groups in total. The Morgan fingerprint density at radius 3 is 2.93 bits per heavy atom. The molecule has 0 unspecified atom stereocenters. The molecule has 6 nitrogen and oxygen atoms in total. The van der Waals surface area contributed by atoms with Gasteiger partial charge in [0.25, 0.3) is 0 Å². The van der Waals surface area contributed by atoms with Gasteiger partial charge in [0.05, 0.1) is 0 Å². The van der Waals surface area contributed by atoms with Crippen molar-refractivity contribution in [2.24, 2.45) is 0 Å². The fraction of sp³-hybridized carbons (Fsp3) is 0.381. The summed E-state index contributed by atoms with van der Waals surface area (Å²) in [6, 6.07) is 5.98.